The fraction of sp³-hybridized carbons (Fsp3) is 0.278. The smallest absolute Gasteiger partial charge is 0.261 e. The number of nitrogens with one attached hydrogen (secondary N) is 2. The van der Waals surface area contributed by atoms with Gasteiger partial charge >= 0.3 is 0 Å². The number of unbranched alkanes of at least 4 members (excludes halogenated alkanes) is 2. The van der Waals surface area contributed by atoms with E-state index in [1.165, 1.54) is 24.3 Å². The quantitative estimate of drug-likeness (QED) is 0.456. The molecule has 0 atom stereocenters. The predicted octanol–water partition coefficient (Wildman–Crippen LogP) is 4.37. The number of amides is 1. The van der Waals surface area contributed by atoms with E-state index in [2.05, 4.69) is 10.0 Å². The molecule has 140 valence electrons. The lowest BCUT2D eigenvalue weighted by Gasteiger charge is -2.12. The normalized spacial score (nSPS) is 11.2. The minimum absolute atomic E-state index is 0.0560. The lowest BCUT2D eigenvalue weighted by atomic mass is 10.2. The van der Waals surface area contributed by atoms with Crippen LogP contribution in [0.3, 0.4) is 0 Å². The van der Waals surface area contributed by atoms with Gasteiger partial charge in [-0.3, -0.25) is 9.52 Å². The number of hydrogen-bond acceptors (Lipinski definition) is 4. The Hall–Kier alpha value is -2.25. The molecule has 0 aliphatic rings. The number of anilines is 2. The van der Waals surface area contributed by atoms with Crippen molar-refractivity contribution >= 4 is 38.9 Å². The first-order valence-electron chi connectivity index (χ1n) is 8.23. The van der Waals surface area contributed by atoms with E-state index in [0.717, 1.165) is 19.3 Å². The van der Waals surface area contributed by atoms with Crippen molar-refractivity contribution in [2.45, 2.75) is 37.5 Å². The van der Waals surface area contributed by atoms with Crippen LogP contribution >= 0.6 is 11.6 Å². The van der Waals surface area contributed by atoms with Gasteiger partial charge in [-0.25, -0.2) is 8.42 Å². The number of aromatic hydroxyl groups is 1. The van der Waals surface area contributed by atoms with Crippen molar-refractivity contribution in [3.8, 4) is 5.75 Å². The van der Waals surface area contributed by atoms with Crippen LogP contribution in [0.2, 0.25) is 5.02 Å². The molecule has 0 fully saturated rings. The van der Waals surface area contributed by atoms with Gasteiger partial charge in [-0.2, -0.15) is 0 Å². The molecular formula is C18H21ClN2O4S. The van der Waals surface area contributed by atoms with Crippen LogP contribution in [0.15, 0.2) is 47.4 Å². The SMILES string of the molecule is CCCCCC(=O)Nc1cc(S(=O)(=O)Nc2cccc(Cl)c2)ccc1O. The Kier molecular flexibility index (Phi) is 6.88. The zero-order chi connectivity index (χ0) is 19.2. The van der Waals surface area contributed by atoms with Gasteiger partial charge in [0.1, 0.15) is 5.75 Å². The van der Waals surface area contributed by atoms with E-state index < -0.39 is 10.0 Å². The van der Waals surface area contributed by atoms with Gasteiger partial charge in [-0.1, -0.05) is 37.4 Å². The number of sulfonamides is 1. The van der Waals surface area contributed by atoms with E-state index in [-0.39, 0.29) is 22.2 Å². The molecule has 0 radical (unpaired) electrons. The number of rotatable bonds is 8. The van der Waals surface area contributed by atoms with Crippen molar-refractivity contribution in [2.24, 2.45) is 0 Å². The fourth-order valence-corrected chi connectivity index (χ4v) is 3.56. The molecular weight excluding hydrogens is 376 g/mol. The third-order valence-corrected chi connectivity index (χ3v) is 5.25. The van der Waals surface area contributed by atoms with Gasteiger partial charge in [0.25, 0.3) is 10.0 Å². The number of hydrogen-bond donors (Lipinski definition) is 3. The maximum Gasteiger partial charge on any atom is 0.261 e. The van der Waals surface area contributed by atoms with Crippen molar-refractivity contribution in [2.75, 3.05) is 10.0 Å². The lowest BCUT2D eigenvalue weighted by molar-refractivity contribution is -0.116. The van der Waals surface area contributed by atoms with Crippen LogP contribution in [0.25, 0.3) is 0 Å². The van der Waals surface area contributed by atoms with Crippen LogP contribution in [-0.4, -0.2) is 19.4 Å². The first-order chi connectivity index (χ1) is 12.3. The lowest BCUT2D eigenvalue weighted by Crippen LogP contribution is -2.15. The molecule has 1 amide bonds. The summed E-state index contributed by atoms with van der Waals surface area (Å²) in [5.41, 5.74) is 0.371. The number of phenols is 1. The maximum atomic E-state index is 12.5. The van der Waals surface area contributed by atoms with Gasteiger partial charge in [-0.15, -0.1) is 0 Å². The third kappa shape index (κ3) is 5.64. The summed E-state index contributed by atoms with van der Waals surface area (Å²) in [5, 5.41) is 12.9. The second-order valence-corrected chi connectivity index (χ2v) is 7.92. The van der Waals surface area contributed by atoms with Gasteiger partial charge in [0.15, 0.2) is 0 Å². The molecule has 0 aliphatic carbocycles. The minimum Gasteiger partial charge on any atom is -0.506 e. The zero-order valence-corrected chi connectivity index (χ0v) is 15.9. The molecule has 0 aliphatic heterocycles. The van der Waals surface area contributed by atoms with Gasteiger partial charge in [0, 0.05) is 11.4 Å². The molecule has 26 heavy (non-hydrogen) atoms. The number of halogens is 1. The highest BCUT2D eigenvalue weighted by Crippen LogP contribution is 2.28. The monoisotopic (exact) mass is 396 g/mol. The molecule has 2 aromatic carbocycles. The van der Waals surface area contributed by atoms with Crippen LogP contribution in [0.4, 0.5) is 11.4 Å². The molecule has 6 nitrogen and oxygen atoms in total. The fourth-order valence-electron chi connectivity index (χ4n) is 2.30. The number of phenolic OH excluding ortho intramolecular Hbond substituents is 1. The Morgan fingerprint density at radius 1 is 1.15 bits per heavy atom. The second-order valence-electron chi connectivity index (χ2n) is 5.80. The summed E-state index contributed by atoms with van der Waals surface area (Å²) < 4.78 is 27.5. The summed E-state index contributed by atoms with van der Waals surface area (Å²) in [6, 6.07) is 10.0. The van der Waals surface area contributed by atoms with E-state index in [4.69, 9.17) is 11.6 Å². The predicted molar refractivity (Wildman–Crippen MR) is 103 cm³/mol. The molecule has 2 aromatic rings. The van der Waals surface area contributed by atoms with E-state index >= 15 is 0 Å². The van der Waals surface area contributed by atoms with Crippen molar-refractivity contribution in [3.05, 3.63) is 47.5 Å². The van der Waals surface area contributed by atoms with Gasteiger partial charge in [-0.05, 0) is 42.8 Å². The first kappa shape index (κ1) is 20.1. The average molecular weight is 397 g/mol. The standard InChI is InChI=1S/C18H21ClN2O4S/c1-2-3-4-8-18(23)20-16-12-15(9-10-17(16)22)26(24,25)21-14-7-5-6-13(19)11-14/h5-7,9-12,21-22H,2-4,8H2,1H3,(H,20,23). The zero-order valence-electron chi connectivity index (χ0n) is 14.3. The second kappa shape index (κ2) is 8.91. The van der Waals surface area contributed by atoms with E-state index in [1.54, 1.807) is 18.2 Å². The van der Waals surface area contributed by atoms with E-state index in [9.17, 15) is 18.3 Å². The van der Waals surface area contributed by atoms with Crippen LogP contribution < -0.4 is 10.0 Å². The summed E-state index contributed by atoms with van der Waals surface area (Å²) in [7, 11) is -3.90. The highest BCUT2D eigenvalue weighted by molar-refractivity contribution is 7.92. The molecule has 0 saturated heterocycles. The Balaban J connectivity index is 2.18. The van der Waals surface area contributed by atoms with Gasteiger partial charge in [0.05, 0.1) is 16.3 Å². The van der Waals surface area contributed by atoms with Gasteiger partial charge < -0.3 is 10.4 Å². The highest BCUT2D eigenvalue weighted by Gasteiger charge is 2.17. The Morgan fingerprint density at radius 3 is 2.62 bits per heavy atom. The van der Waals surface area contributed by atoms with Gasteiger partial charge in [0.2, 0.25) is 5.91 Å². The van der Waals surface area contributed by atoms with E-state index in [0.29, 0.717) is 17.1 Å². The molecule has 0 heterocycles. The first-order valence-corrected chi connectivity index (χ1v) is 10.1. The average Bonchev–Trinajstić information content (AvgIpc) is 2.56. The van der Waals surface area contributed by atoms with Crippen molar-refractivity contribution in [1.82, 2.24) is 0 Å². The summed E-state index contributed by atoms with van der Waals surface area (Å²) in [4.78, 5) is 11.8. The van der Waals surface area contributed by atoms with Crippen LogP contribution in [0, 0.1) is 0 Å². The molecule has 0 unspecified atom stereocenters. The van der Waals surface area contributed by atoms with Crippen molar-refractivity contribution in [1.29, 1.82) is 0 Å². The summed E-state index contributed by atoms with van der Waals surface area (Å²) >= 11 is 5.86. The Morgan fingerprint density at radius 2 is 1.92 bits per heavy atom. The topological polar surface area (TPSA) is 95.5 Å². The Bertz CT molecular complexity index is 885. The molecule has 2 rings (SSSR count). The summed E-state index contributed by atoms with van der Waals surface area (Å²) in [5.74, 6) is -0.471. The molecule has 0 aromatic heterocycles. The number of benzene rings is 2. The molecule has 0 spiro atoms. The van der Waals surface area contributed by atoms with E-state index in [1.807, 2.05) is 6.92 Å². The Labute approximate surface area is 158 Å². The molecule has 0 saturated carbocycles. The number of carbonyl (C=O) groups is 1. The number of carbonyl (C=O) groups excluding carboxylic acids is 1. The summed E-state index contributed by atoms with van der Waals surface area (Å²) in [6.07, 6.45) is 2.96. The minimum atomic E-state index is -3.90. The van der Waals surface area contributed by atoms with Crippen molar-refractivity contribution in [3.63, 3.8) is 0 Å². The maximum absolute atomic E-state index is 12.5. The van der Waals surface area contributed by atoms with Crippen LogP contribution in [0.1, 0.15) is 32.6 Å². The van der Waals surface area contributed by atoms with Crippen LogP contribution in [0.5, 0.6) is 5.75 Å². The third-order valence-electron chi connectivity index (χ3n) is 3.64. The highest BCUT2D eigenvalue weighted by atomic mass is 35.5. The molecule has 3 N–H and O–H groups in total. The van der Waals surface area contributed by atoms with Crippen molar-refractivity contribution < 1.29 is 18.3 Å². The summed E-state index contributed by atoms with van der Waals surface area (Å²) in [6.45, 7) is 2.03. The molecule has 8 heteroatoms. The largest absolute Gasteiger partial charge is 0.506 e. The van der Waals surface area contributed by atoms with Crippen LogP contribution in [-0.2, 0) is 14.8 Å². The molecule has 0 bridgehead atoms.